The summed E-state index contributed by atoms with van der Waals surface area (Å²) >= 11 is 0. The van der Waals surface area contributed by atoms with E-state index >= 15 is 0 Å². The minimum atomic E-state index is -1.95. The molecule has 12 nitrogen and oxygen atoms in total. The van der Waals surface area contributed by atoms with Gasteiger partial charge in [0.1, 0.15) is 35.6 Å². The van der Waals surface area contributed by atoms with Gasteiger partial charge in [0.05, 0.1) is 19.3 Å². The zero-order chi connectivity index (χ0) is 30.4. The number of hydrogen-bond acceptors (Lipinski definition) is 12. The SMILES string of the molecule is O=C(Cc1ccc(O)cc1)OC1[C@@H](OC(=O)Cc2ccc(O)cc2)[C@@H](O)C(O)[C@H](O)[C@@H]1OC(=O)Cc1ccc(O)cc1. The molecule has 6 N–H and O–H groups in total. The monoisotopic (exact) mass is 582 g/mol. The number of benzene rings is 3. The molecule has 3 aromatic rings. The largest absolute Gasteiger partial charge is 0.508 e. The molecule has 42 heavy (non-hydrogen) atoms. The number of phenolic OH excluding ortho intramolecular Hbond substituents is 3. The van der Waals surface area contributed by atoms with E-state index in [0.29, 0.717) is 16.7 Å². The maximum Gasteiger partial charge on any atom is 0.310 e. The Morgan fingerprint density at radius 2 is 0.714 bits per heavy atom. The number of hydrogen-bond donors (Lipinski definition) is 6. The third kappa shape index (κ3) is 7.75. The fourth-order valence-corrected chi connectivity index (χ4v) is 4.50. The molecule has 3 aromatic carbocycles. The van der Waals surface area contributed by atoms with Crippen LogP contribution >= 0.6 is 0 Å². The number of rotatable bonds is 9. The van der Waals surface area contributed by atoms with E-state index in [9.17, 15) is 45.0 Å². The highest BCUT2D eigenvalue weighted by atomic mass is 16.6. The molecule has 1 saturated carbocycles. The van der Waals surface area contributed by atoms with Crippen LogP contribution in [0.25, 0.3) is 0 Å². The van der Waals surface area contributed by atoms with Gasteiger partial charge in [0.15, 0.2) is 18.3 Å². The molecule has 0 heterocycles. The highest BCUT2D eigenvalue weighted by Crippen LogP contribution is 2.30. The zero-order valence-electron chi connectivity index (χ0n) is 22.1. The molecule has 1 fully saturated rings. The van der Waals surface area contributed by atoms with Crippen LogP contribution in [0.3, 0.4) is 0 Å². The lowest BCUT2D eigenvalue weighted by molar-refractivity contribution is -0.247. The van der Waals surface area contributed by atoms with Crippen molar-refractivity contribution in [3.63, 3.8) is 0 Å². The van der Waals surface area contributed by atoms with Crippen molar-refractivity contribution in [3.05, 3.63) is 89.5 Å². The van der Waals surface area contributed by atoms with Gasteiger partial charge in [0.25, 0.3) is 0 Å². The Balaban J connectivity index is 1.57. The molecule has 4 atom stereocenters. The lowest BCUT2D eigenvalue weighted by Gasteiger charge is -2.44. The van der Waals surface area contributed by atoms with E-state index in [2.05, 4.69) is 0 Å². The van der Waals surface area contributed by atoms with Crippen LogP contribution < -0.4 is 0 Å². The van der Waals surface area contributed by atoms with Gasteiger partial charge < -0.3 is 44.8 Å². The van der Waals surface area contributed by atoms with Gasteiger partial charge in [-0.05, 0) is 53.1 Å². The first-order chi connectivity index (χ1) is 20.0. The van der Waals surface area contributed by atoms with Crippen LogP contribution in [0.4, 0.5) is 0 Å². The molecule has 4 rings (SSSR count). The summed E-state index contributed by atoms with van der Waals surface area (Å²) < 4.78 is 16.4. The predicted molar refractivity (Wildman–Crippen MR) is 143 cm³/mol. The van der Waals surface area contributed by atoms with Crippen molar-refractivity contribution in [2.24, 2.45) is 0 Å². The molecule has 0 amide bonds. The number of aliphatic hydroxyl groups excluding tert-OH is 3. The number of phenols is 3. The molecule has 1 aliphatic rings. The normalized spacial score (nSPS) is 23.5. The zero-order valence-corrected chi connectivity index (χ0v) is 22.1. The third-order valence-electron chi connectivity index (χ3n) is 6.68. The summed E-state index contributed by atoms with van der Waals surface area (Å²) in [7, 11) is 0. The number of aromatic hydroxyl groups is 3. The van der Waals surface area contributed by atoms with Crippen LogP contribution in [0, 0.1) is 0 Å². The van der Waals surface area contributed by atoms with Crippen molar-refractivity contribution < 1.29 is 59.2 Å². The lowest BCUT2D eigenvalue weighted by atomic mass is 9.84. The molecule has 0 aliphatic heterocycles. The predicted octanol–water partition coefficient (Wildman–Crippen LogP) is 0.663. The van der Waals surface area contributed by atoms with E-state index in [4.69, 9.17) is 14.2 Å². The first kappa shape index (κ1) is 30.3. The summed E-state index contributed by atoms with van der Waals surface area (Å²) in [6, 6.07) is 16.9. The van der Waals surface area contributed by atoms with Crippen molar-refractivity contribution in [1.29, 1.82) is 0 Å². The molecule has 0 spiro atoms. The van der Waals surface area contributed by atoms with Crippen molar-refractivity contribution in [2.45, 2.75) is 55.9 Å². The summed E-state index contributed by atoms with van der Waals surface area (Å²) in [5, 5.41) is 60.5. The van der Waals surface area contributed by atoms with Crippen LogP contribution in [0.5, 0.6) is 17.2 Å². The Labute approximate surface area is 240 Å². The fraction of sp³-hybridized carbons (Fsp3) is 0.300. The summed E-state index contributed by atoms with van der Waals surface area (Å²) in [5.74, 6) is -2.78. The van der Waals surface area contributed by atoms with E-state index in [1.54, 1.807) is 0 Å². The fourth-order valence-electron chi connectivity index (χ4n) is 4.50. The number of esters is 3. The number of carbonyl (C=O) groups is 3. The topological polar surface area (TPSA) is 200 Å². The Morgan fingerprint density at radius 1 is 0.452 bits per heavy atom. The van der Waals surface area contributed by atoms with Gasteiger partial charge in [0.2, 0.25) is 0 Å². The summed E-state index contributed by atoms with van der Waals surface area (Å²) in [6.45, 7) is 0. The molecule has 222 valence electrons. The molecular formula is C30H30O12. The minimum absolute atomic E-state index is 0.0236. The van der Waals surface area contributed by atoms with Crippen LogP contribution in [-0.2, 0) is 47.9 Å². The minimum Gasteiger partial charge on any atom is -0.508 e. The second-order valence-corrected chi connectivity index (χ2v) is 9.86. The van der Waals surface area contributed by atoms with Gasteiger partial charge in [-0.1, -0.05) is 36.4 Å². The highest BCUT2D eigenvalue weighted by molar-refractivity contribution is 5.75. The van der Waals surface area contributed by atoms with Gasteiger partial charge in [-0.3, -0.25) is 14.4 Å². The molecule has 1 aliphatic carbocycles. The number of ether oxygens (including phenoxy) is 3. The van der Waals surface area contributed by atoms with Crippen molar-refractivity contribution in [1.82, 2.24) is 0 Å². The van der Waals surface area contributed by atoms with E-state index < -0.39 is 54.5 Å². The van der Waals surface area contributed by atoms with Gasteiger partial charge >= 0.3 is 17.9 Å². The van der Waals surface area contributed by atoms with Crippen molar-refractivity contribution in [2.75, 3.05) is 0 Å². The number of carbonyl (C=O) groups excluding carboxylic acids is 3. The lowest BCUT2D eigenvalue weighted by Crippen LogP contribution is -2.66. The molecule has 0 saturated heterocycles. The smallest absolute Gasteiger partial charge is 0.310 e. The second-order valence-electron chi connectivity index (χ2n) is 9.86. The summed E-state index contributed by atoms with van der Waals surface area (Å²) in [5.41, 5.74) is 1.33. The van der Waals surface area contributed by atoms with Gasteiger partial charge in [-0.2, -0.15) is 0 Å². The Kier molecular flexibility index (Phi) is 9.63. The Morgan fingerprint density at radius 3 is 1.00 bits per heavy atom. The maximum absolute atomic E-state index is 12.9. The summed E-state index contributed by atoms with van der Waals surface area (Å²) in [4.78, 5) is 38.6. The second kappa shape index (κ2) is 13.3. The molecule has 0 radical (unpaired) electrons. The van der Waals surface area contributed by atoms with Gasteiger partial charge in [-0.15, -0.1) is 0 Å². The average molecular weight is 583 g/mol. The van der Waals surface area contributed by atoms with E-state index in [-0.39, 0.29) is 36.5 Å². The maximum atomic E-state index is 12.9. The summed E-state index contributed by atoms with van der Waals surface area (Å²) in [6.07, 6.45) is -12.0. The van der Waals surface area contributed by atoms with Crippen molar-refractivity contribution in [3.8, 4) is 17.2 Å². The standard InChI is InChI=1S/C30H30O12/c31-19-7-1-16(2-8-19)13-22(34)40-28-26(38)25(37)27(39)29(41-23(35)14-17-3-9-20(32)10-4-17)30(28)42-24(36)15-18-5-11-21(33)12-6-18/h1-12,25-33,37-39H,13-15H2/t25?,26-,27-,28-,29-,30?/m0/s1. The van der Waals surface area contributed by atoms with E-state index in [0.717, 1.165) is 0 Å². The van der Waals surface area contributed by atoms with Gasteiger partial charge in [0, 0.05) is 0 Å². The first-order valence-corrected chi connectivity index (χ1v) is 13.0. The highest BCUT2D eigenvalue weighted by Gasteiger charge is 2.55. The van der Waals surface area contributed by atoms with Crippen LogP contribution in [0.15, 0.2) is 72.8 Å². The van der Waals surface area contributed by atoms with Crippen molar-refractivity contribution >= 4 is 17.9 Å². The van der Waals surface area contributed by atoms with E-state index in [1.807, 2.05) is 0 Å². The van der Waals surface area contributed by atoms with E-state index in [1.165, 1.54) is 72.8 Å². The third-order valence-corrected chi connectivity index (χ3v) is 6.68. The van der Waals surface area contributed by atoms with Crippen LogP contribution in [0.1, 0.15) is 16.7 Å². The Bertz CT molecular complexity index is 1300. The van der Waals surface area contributed by atoms with Crippen LogP contribution in [-0.4, -0.2) is 85.2 Å². The molecule has 0 bridgehead atoms. The quantitative estimate of drug-likeness (QED) is 0.152. The first-order valence-electron chi connectivity index (χ1n) is 13.0. The molecule has 0 unspecified atom stereocenters. The molecular weight excluding hydrogens is 552 g/mol. The van der Waals surface area contributed by atoms with Gasteiger partial charge in [-0.25, -0.2) is 0 Å². The molecule has 0 aromatic heterocycles. The number of aliphatic hydroxyl groups is 3. The van der Waals surface area contributed by atoms with Crippen LogP contribution in [0.2, 0.25) is 0 Å². The Hall–Kier alpha value is -4.65. The average Bonchev–Trinajstić information content (AvgIpc) is 2.95. The molecule has 12 heteroatoms.